The van der Waals surface area contributed by atoms with Crippen LogP contribution in [-0.2, 0) is 28.5 Å². The fourth-order valence-corrected chi connectivity index (χ4v) is 2.96. The second-order valence-electron chi connectivity index (χ2n) is 7.12. The maximum absolute atomic E-state index is 11.8. The van der Waals surface area contributed by atoms with Crippen molar-refractivity contribution in [3.8, 4) is 0 Å². The van der Waals surface area contributed by atoms with Crippen LogP contribution < -0.4 is 16.4 Å². The third-order valence-corrected chi connectivity index (χ3v) is 4.53. The monoisotopic (exact) mass is 487 g/mol. The van der Waals surface area contributed by atoms with E-state index >= 15 is 0 Å². The summed E-state index contributed by atoms with van der Waals surface area (Å²) in [6.45, 7) is 3.65. The largest absolute Gasteiger partial charge is 0.394 e. The Morgan fingerprint density at radius 2 is 1.72 bits per heavy atom. The van der Waals surface area contributed by atoms with Crippen LogP contribution in [0.2, 0.25) is 0 Å². The minimum atomic E-state index is -1.35. The highest BCUT2D eigenvalue weighted by molar-refractivity contribution is 5.85. The SMILES string of the molecule is CC(=O)N[C@H]1[C@H](OCCCCC(=O)NCCOCCOCCN)O[C@H](CO)[C@H](O)[C@@H]1O.Cl. The molecule has 32 heavy (non-hydrogen) atoms. The van der Waals surface area contributed by atoms with Gasteiger partial charge < -0.3 is 50.6 Å². The molecule has 0 aliphatic carbocycles. The zero-order chi connectivity index (χ0) is 23.1. The molecule has 12 nitrogen and oxygen atoms in total. The van der Waals surface area contributed by atoms with Gasteiger partial charge in [-0.25, -0.2) is 0 Å². The smallest absolute Gasteiger partial charge is 0.220 e. The number of nitrogens with two attached hydrogens (primary N) is 1. The topological polar surface area (TPSA) is 182 Å². The van der Waals surface area contributed by atoms with Crippen LogP contribution in [-0.4, -0.2) is 111 Å². The molecule has 0 aromatic rings. The van der Waals surface area contributed by atoms with Crippen LogP contribution in [0.3, 0.4) is 0 Å². The normalized spacial score (nSPS) is 25.1. The molecule has 0 saturated carbocycles. The molecule has 1 heterocycles. The fourth-order valence-electron chi connectivity index (χ4n) is 2.96. The maximum atomic E-state index is 11.8. The second kappa shape index (κ2) is 18.3. The predicted octanol–water partition coefficient (Wildman–Crippen LogP) is -2.35. The maximum Gasteiger partial charge on any atom is 0.220 e. The summed E-state index contributed by atoms with van der Waals surface area (Å²) in [6.07, 6.45) is -3.34. The first-order valence-electron chi connectivity index (χ1n) is 10.5. The van der Waals surface area contributed by atoms with Crippen molar-refractivity contribution < 1.29 is 43.9 Å². The molecule has 1 rings (SSSR count). The number of rotatable bonds is 16. The molecule has 0 unspecified atom stereocenters. The van der Waals surface area contributed by atoms with E-state index in [-0.39, 0.29) is 24.9 Å². The Kier molecular flexibility index (Phi) is 17.7. The van der Waals surface area contributed by atoms with Crippen molar-refractivity contribution in [1.29, 1.82) is 0 Å². The highest BCUT2D eigenvalue weighted by atomic mass is 35.5. The van der Waals surface area contributed by atoms with E-state index in [4.69, 9.17) is 24.7 Å². The lowest BCUT2D eigenvalue weighted by atomic mass is 9.97. The fraction of sp³-hybridized carbons (Fsp3) is 0.895. The van der Waals surface area contributed by atoms with Crippen molar-refractivity contribution in [1.82, 2.24) is 10.6 Å². The highest BCUT2D eigenvalue weighted by Crippen LogP contribution is 2.22. The zero-order valence-corrected chi connectivity index (χ0v) is 19.3. The standard InChI is InChI=1S/C19H37N3O9.ClH/c1-13(24)22-16-18(27)17(26)14(12-23)31-19(16)30-7-3-2-4-15(25)21-6-9-29-11-10-28-8-5-20;/h14,16-19,23,26-27H,2-12,20H2,1H3,(H,21,25)(H,22,24);1H/t14-,16-,17+,18-,19-;/m1./s1. The zero-order valence-electron chi connectivity index (χ0n) is 18.4. The Labute approximate surface area is 194 Å². The van der Waals surface area contributed by atoms with Crippen molar-refractivity contribution in [3.63, 3.8) is 0 Å². The van der Waals surface area contributed by atoms with Crippen molar-refractivity contribution in [2.45, 2.75) is 56.8 Å². The minimum absolute atomic E-state index is 0. The van der Waals surface area contributed by atoms with E-state index in [1.807, 2.05) is 0 Å². The molecule has 2 amide bonds. The Morgan fingerprint density at radius 1 is 1.03 bits per heavy atom. The number of unbranched alkanes of at least 4 members (excludes halogenated alkanes) is 1. The van der Waals surface area contributed by atoms with Gasteiger partial charge in [0.1, 0.15) is 24.4 Å². The van der Waals surface area contributed by atoms with Crippen LogP contribution in [0.5, 0.6) is 0 Å². The molecule has 7 N–H and O–H groups in total. The summed E-state index contributed by atoms with van der Waals surface area (Å²) in [6, 6.07) is -0.973. The molecular formula is C19H38ClN3O9. The van der Waals surface area contributed by atoms with E-state index in [9.17, 15) is 24.9 Å². The van der Waals surface area contributed by atoms with Crippen LogP contribution >= 0.6 is 12.4 Å². The molecule has 0 aromatic heterocycles. The van der Waals surface area contributed by atoms with Gasteiger partial charge >= 0.3 is 0 Å². The molecule has 1 aliphatic rings. The average Bonchev–Trinajstić information content (AvgIpc) is 2.74. The molecule has 0 bridgehead atoms. The summed E-state index contributed by atoms with van der Waals surface area (Å²) in [7, 11) is 0. The Morgan fingerprint density at radius 3 is 2.34 bits per heavy atom. The molecule has 1 fully saturated rings. The van der Waals surface area contributed by atoms with Gasteiger partial charge in [0, 0.05) is 33.0 Å². The van der Waals surface area contributed by atoms with Gasteiger partial charge in [-0.3, -0.25) is 9.59 Å². The molecule has 5 atom stereocenters. The summed E-state index contributed by atoms with van der Waals surface area (Å²) < 4.78 is 21.5. The van der Waals surface area contributed by atoms with Crippen LogP contribution in [0.15, 0.2) is 0 Å². The molecule has 1 aliphatic heterocycles. The molecule has 0 spiro atoms. The summed E-state index contributed by atoms with van der Waals surface area (Å²) >= 11 is 0. The first kappa shape index (κ1) is 30.9. The number of amides is 2. The third kappa shape index (κ3) is 12.2. The predicted molar refractivity (Wildman–Crippen MR) is 116 cm³/mol. The molecule has 13 heteroatoms. The number of carbonyl (C=O) groups is 2. The number of hydrogen-bond donors (Lipinski definition) is 6. The summed E-state index contributed by atoms with van der Waals surface area (Å²) in [5, 5.41) is 34.7. The van der Waals surface area contributed by atoms with Gasteiger partial charge in [0.2, 0.25) is 11.8 Å². The number of halogens is 1. The van der Waals surface area contributed by atoms with Crippen LogP contribution in [0, 0.1) is 0 Å². The third-order valence-electron chi connectivity index (χ3n) is 4.53. The van der Waals surface area contributed by atoms with E-state index in [0.29, 0.717) is 58.8 Å². The number of hydrogen-bond acceptors (Lipinski definition) is 10. The van der Waals surface area contributed by atoms with Gasteiger partial charge in [-0.2, -0.15) is 0 Å². The van der Waals surface area contributed by atoms with Crippen molar-refractivity contribution in [2.24, 2.45) is 5.73 Å². The first-order chi connectivity index (χ1) is 14.9. The van der Waals surface area contributed by atoms with Gasteiger partial charge in [-0.05, 0) is 12.8 Å². The van der Waals surface area contributed by atoms with E-state index in [0.717, 1.165) is 0 Å². The first-order valence-corrected chi connectivity index (χ1v) is 10.5. The molecule has 190 valence electrons. The Balaban J connectivity index is 0.00000961. The number of aliphatic hydroxyl groups is 3. The quantitative estimate of drug-likeness (QED) is 0.129. The molecule has 0 radical (unpaired) electrons. The summed E-state index contributed by atoms with van der Waals surface area (Å²) in [5.74, 6) is -0.522. The Hall–Kier alpha value is -1.09. The van der Waals surface area contributed by atoms with Crippen molar-refractivity contribution in [2.75, 3.05) is 52.7 Å². The van der Waals surface area contributed by atoms with E-state index in [2.05, 4.69) is 10.6 Å². The van der Waals surface area contributed by atoms with Crippen LogP contribution in [0.1, 0.15) is 26.2 Å². The van der Waals surface area contributed by atoms with Crippen molar-refractivity contribution in [3.05, 3.63) is 0 Å². The average molecular weight is 488 g/mol. The molecule has 0 aromatic carbocycles. The minimum Gasteiger partial charge on any atom is -0.394 e. The number of ether oxygens (including phenoxy) is 4. The van der Waals surface area contributed by atoms with Gasteiger partial charge in [0.05, 0.1) is 33.0 Å². The molecular weight excluding hydrogens is 450 g/mol. The van der Waals surface area contributed by atoms with Gasteiger partial charge in [-0.15, -0.1) is 12.4 Å². The van der Waals surface area contributed by atoms with E-state index in [1.54, 1.807) is 0 Å². The highest BCUT2D eigenvalue weighted by Gasteiger charge is 2.45. The second-order valence-corrected chi connectivity index (χ2v) is 7.12. The lowest BCUT2D eigenvalue weighted by Gasteiger charge is -2.42. The van der Waals surface area contributed by atoms with Gasteiger partial charge in [0.25, 0.3) is 0 Å². The van der Waals surface area contributed by atoms with Gasteiger partial charge in [0.15, 0.2) is 6.29 Å². The number of nitrogens with one attached hydrogen (secondary N) is 2. The lowest BCUT2D eigenvalue weighted by Crippen LogP contribution is -2.64. The summed E-state index contributed by atoms with van der Waals surface area (Å²) in [5.41, 5.74) is 5.30. The number of aliphatic hydroxyl groups excluding tert-OH is 3. The number of carbonyl (C=O) groups excluding carboxylic acids is 2. The van der Waals surface area contributed by atoms with Crippen LogP contribution in [0.4, 0.5) is 0 Å². The van der Waals surface area contributed by atoms with E-state index < -0.39 is 43.2 Å². The molecule has 1 saturated heterocycles. The van der Waals surface area contributed by atoms with Crippen molar-refractivity contribution >= 4 is 24.2 Å². The summed E-state index contributed by atoms with van der Waals surface area (Å²) in [4.78, 5) is 23.2. The van der Waals surface area contributed by atoms with Crippen LogP contribution in [0.25, 0.3) is 0 Å². The van der Waals surface area contributed by atoms with E-state index in [1.165, 1.54) is 6.92 Å². The lowest BCUT2D eigenvalue weighted by molar-refractivity contribution is -0.270. The Bertz CT molecular complexity index is 518. The van der Waals surface area contributed by atoms with Gasteiger partial charge in [-0.1, -0.05) is 0 Å².